The monoisotopic (exact) mass is 212 g/mol. The van der Waals surface area contributed by atoms with Crippen LogP contribution in [0.5, 0.6) is 0 Å². The molecule has 0 radical (unpaired) electrons. The van der Waals surface area contributed by atoms with E-state index in [2.05, 4.69) is 17.9 Å². The van der Waals surface area contributed by atoms with E-state index in [-0.39, 0.29) is 0 Å². The molecule has 14 heavy (non-hydrogen) atoms. The smallest absolute Gasteiger partial charge is 0.341 e. The number of thioether (sulfide) groups is 1. The minimum absolute atomic E-state index is 0.370. The Hall–Kier alpha value is -1.29. The first-order valence-electron chi connectivity index (χ1n) is 3.89. The minimum atomic E-state index is -0.562. The molecule has 1 heterocycles. The number of cyclic esters (lactones) is 2. The molecule has 1 aliphatic heterocycles. The summed E-state index contributed by atoms with van der Waals surface area (Å²) in [7, 11) is 0. The van der Waals surface area contributed by atoms with Gasteiger partial charge in [-0.1, -0.05) is 12.7 Å². The van der Waals surface area contributed by atoms with Gasteiger partial charge in [-0.05, 0) is 12.3 Å². The van der Waals surface area contributed by atoms with Crippen molar-refractivity contribution in [3.63, 3.8) is 0 Å². The van der Waals surface area contributed by atoms with E-state index in [1.165, 1.54) is 13.0 Å². The lowest BCUT2D eigenvalue weighted by Gasteiger charge is -1.83. The molecule has 0 aromatic heterocycles. The summed E-state index contributed by atoms with van der Waals surface area (Å²) < 4.78 is 4.10. The molecule has 1 aliphatic rings. The Bertz CT molecular complexity index is 271. The molecule has 0 bridgehead atoms. The van der Waals surface area contributed by atoms with Gasteiger partial charge in [0.1, 0.15) is 0 Å². The minimum Gasteiger partial charge on any atom is -0.386 e. The fourth-order valence-electron chi connectivity index (χ4n) is 0.573. The highest BCUT2D eigenvalue weighted by Crippen LogP contribution is 2.04. The molecule has 0 spiro atoms. The summed E-state index contributed by atoms with van der Waals surface area (Å²) in [5, 5.41) is 1.81. The van der Waals surface area contributed by atoms with Gasteiger partial charge in [0.25, 0.3) is 0 Å². The van der Waals surface area contributed by atoms with Crippen LogP contribution in [0.3, 0.4) is 0 Å². The third-order valence-corrected chi connectivity index (χ3v) is 1.85. The van der Waals surface area contributed by atoms with E-state index in [1.807, 2.05) is 11.5 Å². The first-order valence-corrected chi connectivity index (χ1v) is 4.94. The van der Waals surface area contributed by atoms with Crippen molar-refractivity contribution in [2.45, 2.75) is 6.92 Å². The van der Waals surface area contributed by atoms with Crippen molar-refractivity contribution in [1.29, 1.82) is 0 Å². The standard InChI is InChI=1S/C5H4O3.C5H8S/c1-3-2-4(6)8-5(3)7;1-3-5-6-4-2/h2H,1H3;3-4H,1-2,5H2. The first-order chi connectivity index (χ1) is 6.61. The SMILES string of the molecule is C=CCSC=C.CC1=CC(=O)OC1=O. The third-order valence-electron chi connectivity index (χ3n) is 1.18. The van der Waals surface area contributed by atoms with Gasteiger partial charge in [-0.3, -0.25) is 0 Å². The van der Waals surface area contributed by atoms with E-state index in [1.54, 1.807) is 11.8 Å². The lowest BCUT2D eigenvalue weighted by Crippen LogP contribution is -1.99. The lowest BCUT2D eigenvalue weighted by atomic mass is 10.3. The Morgan fingerprint density at radius 3 is 2.29 bits per heavy atom. The molecule has 0 saturated heterocycles. The van der Waals surface area contributed by atoms with Crippen LogP contribution in [0.1, 0.15) is 6.92 Å². The first kappa shape index (κ1) is 12.7. The van der Waals surface area contributed by atoms with Gasteiger partial charge in [-0.25, -0.2) is 9.59 Å². The second kappa shape index (κ2) is 7.15. The average molecular weight is 212 g/mol. The Morgan fingerprint density at radius 2 is 2.14 bits per heavy atom. The predicted molar refractivity (Wildman–Crippen MR) is 57.7 cm³/mol. The van der Waals surface area contributed by atoms with Gasteiger partial charge in [0.2, 0.25) is 0 Å². The Morgan fingerprint density at radius 1 is 1.50 bits per heavy atom. The number of hydrogen-bond acceptors (Lipinski definition) is 4. The van der Waals surface area contributed by atoms with E-state index in [0.29, 0.717) is 5.57 Å². The number of carbonyl (C=O) groups is 2. The zero-order valence-corrected chi connectivity index (χ0v) is 8.80. The number of rotatable bonds is 3. The van der Waals surface area contributed by atoms with E-state index in [4.69, 9.17) is 0 Å². The largest absolute Gasteiger partial charge is 0.386 e. The summed E-state index contributed by atoms with van der Waals surface area (Å²) >= 11 is 1.65. The molecule has 0 unspecified atom stereocenters. The fraction of sp³-hybridized carbons (Fsp3) is 0.200. The van der Waals surface area contributed by atoms with Crippen molar-refractivity contribution in [3.8, 4) is 0 Å². The van der Waals surface area contributed by atoms with Crippen LogP contribution in [0.15, 0.2) is 36.3 Å². The molecule has 3 nitrogen and oxygen atoms in total. The van der Waals surface area contributed by atoms with Crippen LogP contribution >= 0.6 is 11.8 Å². The zero-order valence-electron chi connectivity index (χ0n) is 7.99. The molecular formula is C10H12O3S. The number of ether oxygens (including phenoxy) is 1. The molecule has 4 heteroatoms. The van der Waals surface area contributed by atoms with Crippen molar-refractivity contribution in [2.24, 2.45) is 0 Å². The maximum atomic E-state index is 10.3. The normalized spacial score (nSPS) is 13.6. The summed E-state index contributed by atoms with van der Waals surface area (Å²) in [5.41, 5.74) is 0.370. The summed E-state index contributed by atoms with van der Waals surface area (Å²) in [6, 6.07) is 0. The van der Waals surface area contributed by atoms with Crippen molar-refractivity contribution >= 4 is 23.7 Å². The summed E-state index contributed by atoms with van der Waals surface area (Å²) in [6.07, 6.45) is 3.02. The van der Waals surface area contributed by atoms with Crippen molar-refractivity contribution in [2.75, 3.05) is 5.75 Å². The van der Waals surface area contributed by atoms with Gasteiger partial charge in [-0.15, -0.1) is 18.3 Å². The van der Waals surface area contributed by atoms with E-state index >= 15 is 0 Å². The van der Waals surface area contributed by atoms with Crippen LogP contribution < -0.4 is 0 Å². The highest BCUT2D eigenvalue weighted by Gasteiger charge is 2.18. The molecule has 0 saturated carbocycles. The molecular weight excluding hydrogens is 200 g/mol. The van der Waals surface area contributed by atoms with Crippen LogP contribution in [0.2, 0.25) is 0 Å². The zero-order chi connectivity index (χ0) is 11.0. The molecule has 0 aromatic carbocycles. The fourth-order valence-corrected chi connectivity index (χ4v) is 0.845. The molecule has 0 amide bonds. The molecule has 0 N–H and O–H groups in total. The van der Waals surface area contributed by atoms with Crippen LogP contribution in [0, 0.1) is 0 Å². The quantitative estimate of drug-likeness (QED) is 0.311. The van der Waals surface area contributed by atoms with Gasteiger partial charge in [-0.2, -0.15) is 0 Å². The Kier molecular flexibility index (Phi) is 6.49. The maximum Gasteiger partial charge on any atom is 0.341 e. The number of carbonyl (C=O) groups excluding carboxylic acids is 2. The Labute approximate surface area is 87.5 Å². The van der Waals surface area contributed by atoms with Gasteiger partial charge < -0.3 is 4.74 Å². The van der Waals surface area contributed by atoms with E-state index in [9.17, 15) is 9.59 Å². The molecule has 0 aliphatic carbocycles. The second-order valence-corrected chi connectivity index (χ2v) is 3.32. The van der Waals surface area contributed by atoms with Crippen molar-refractivity contribution < 1.29 is 14.3 Å². The average Bonchev–Trinajstić information content (AvgIpc) is 2.42. The molecule has 1 rings (SSSR count). The van der Waals surface area contributed by atoms with Crippen LogP contribution in [-0.2, 0) is 14.3 Å². The molecule has 0 aromatic rings. The van der Waals surface area contributed by atoms with Crippen molar-refractivity contribution in [3.05, 3.63) is 36.3 Å². The van der Waals surface area contributed by atoms with E-state index in [0.717, 1.165) is 5.75 Å². The predicted octanol–water partition coefficient (Wildman–Crippen LogP) is 2.07. The molecule has 0 fully saturated rings. The van der Waals surface area contributed by atoms with Crippen LogP contribution in [0.4, 0.5) is 0 Å². The van der Waals surface area contributed by atoms with Gasteiger partial charge in [0, 0.05) is 17.4 Å². The topological polar surface area (TPSA) is 43.4 Å². The van der Waals surface area contributed by atoms with Gasteiger partial charge in [0.05, 0.1) is 0 Å². The summed E-state index contributed by atoms with van der Waals surface area (Å²) in [6.45, 7) is 8.58. The van der Waals surface area contributed by atoms with Gasteiger partial charge >= 0.3 is 11.9 Å². The summed E-state index contributed by atoms with van der Waals surface area (Å²) in [4.78, 5) is 20.4. The lowest BCUT2D eigenvalue weighted by molar-refractivity contribution is -0.150. The van der Waals surface area contributed by atoms with E-state index < -0.39 is 11.9 Å². The Balaban J connectivity index is 0.000000255. The second-order valence-electron chi connectivity index (χ2n) is 2.32. The van der Waals surface area contributed by atoms with Gasteiger partial charge in [0.15, 0.2) is 0 Å². The molecule has 0 atom stereocenters. The maximum absolute atomic E-state index is 10.3. The summed E-state index contributed by atoms with van der Waals surface area (Å²) in [5.74, 6) is -0.119. The van der Waals surface area contributed by atoms with Crippen LogP contribution in [0.25, 0.3) is 0 Å². The third kappa shape index (κ3) is 5.37. The highest BCUT2D eigenvalue weighted by atomic mass is 32.2. The molecule has 76 valence electrons. The number of esters is 2. The highest BCUT2D eigenvalue weighted by molar-refractivity contribution is 8.02. The van der Waals surface area contributed by atoms with Crippen molar-refractivity contribution in [1.82, 2.24) is 0 Å². The van der Waals surface area contributed by atoms with Crippen LogP contribution in [-0.4, -0.2) is 17.7 Å². The number of hydrogen-bond donors (Lipinski definition) is 0.